The molecule has 1 saturated heterocycles. The molecule has 1 aromatic rings. The fourth-order valence-electron chi connectivity index (χ4n) is 2.94. The number of hydrogen-bond acceptors (Lipinski definition) is 5. The van der Waals surface area contributed by atoms with Gasteiger partial charge < -0.3 is 14.9 Å². The van der Waals surface area contributed by atoms with Crippen LogP contribution in [0.5, 0.6) is 0 Å². The monoisotopic (exact) mass is 279 g/mol. The minimum atomic E-state index is -0.432. The lowest BCUT2D eigenvalue weighted by molar-refractivity contribution is -0.384. The number of aliphatic hydroxyl groups is 1. The van der Waals surface area contributed by atoms with Crippen LogP contribution in [0.2, 0.25) is 0 Å². The van der Waals surface area contributed by atoms with Gasteiger partial charge in [0.1, 0.15) is 0 Å². The summed E-state index contributed by atoms with van der Waals surface area (Å²) in [6, 6.07) is 5.16. The third kappa shape index (κ3) is 2.76. The third-order valence-corrected chi connectivity index (χ3v) is 4.02. The second-order valence-corrected chi connectivity index (χ2v) is 5.64. The van der Waals surface area contributed by atoms with Crippen molar-refractivity contribution in [3.63, 3.8) is 0 Å². The average molecular weight is 279 g/mol. The van der Waals surface area contributed by atoms with Gasteiger partial charge in [0.2, 0.25) is 0 Å². The van der Waals surface area contributed by atoms with E-state index in [-0.39, 0.29) is 12.3 Å². The van der Waals surface area contributed by atoms with Crippen molar-refractivity contribution < 1.29 is 10.0 Å². The summed E-state index contributed by atoms with van der Waals surface area (Å²) < 4.78 is 0. The molecule has 0 spiro atoms. The van der Waals surface area contributed by atoms with Crippen LogP contribution < -0.4 is 4.90 Å². The number of benzene rings is 1. The maximum atomic E-state index is 10.8. The molecular formula is C14H21N3O3. The average Bonchev–Trinajstić information content (AvgIpc) is 2.80. The van der Waals surface area contributed by atoms with Crippen molar-refractivity contribution in [1.82, 2.24) is 4.90 Å². The molecule has 2 unspecified atom stereocenters. The van der Waals surface area contributed by atoms with Gasteiger partial charge in [0, 0.05) is 42.5 Å². The van der Waals surface area contributed by atoms with Crippen molar-refractivity contribution in [3.8, 4) is 0 Å². The van der Waals surface area contributed by atoms with Gasteiger partial charge in [-0.25, -0.2) is 0 Å². The molecule has 1 N–H and O–H groups in total. The lowest BCUT2D eigenvalue weighted by Crippen LogP contribution is -2.34. The van der Waals surface area contributed by atoms with E-state index in [1.807, 2.05) is 0 Å². The zero-order valence-corrected chi connectivity index (χ0v) is 12.1. The van der Waals surface area contributed by atoms with Gasteiger partial charge >= 0.3 is 0 Å². The molecule has 20 heavy (non-hydrogen) atoms. The van der Waals surface area contributed by atoms with Crippen LogP contribution >= 0.6 is 0 Å². The number of rotatable bonds is 4. The Balaban J connectivity index is 2.27. The number of nitro groups is 1. The van der Waals surface area contributed by atoms with E-state index in [1.165, 1.54) is 12.1 Å². The number of nitro benzene ring substituents is 1. The summed E-state index contributed by atoms with van der Waals surface area (Å²) in [5, 5.41) is 20.3. The highest BCUT2D eigenvalue weighted by Gasteiger charge is 2.32. The Hall–Kier alpha value is -1.66. The highest BCUT2D eigenvalue weighted by Crippen LogP contribution is 2.31. The van der Waals surface area contributed by atoms with Crippen molar-refractivity contribution in [2.75, 3.05) is 32.1 Å². The molecule has 1 fully saturated rings. The van der Waals surface area contributed by atoms with E-state index in [0.717, 1.165) is 18.8 Å². The first-order valence-corrected chi connectivity index (χ1v) is 6.73. The number of hydrogen-bond donors (Lipinski definition) is 1. The van der Waals surface area contributed by atoms with Gasteiger partial charge in [-0.1, -0.05) is 6.92 Å². The lowest BCUT2D eigenvalue weighted by atomic mass is 10.1. The topological polar surface area (TPSA) is 69.8 Å². The smallest absolute Gasteiger partial charge is 0.269 e. The van der Waals surface area contributed by atoms with Gasteiger partial charge in [0.15, 0.2) is 0 Å². The van der Waals surface area contributed by atoms with Crippen LogP contribution in [0.4, 0.5) is 11.4 Å². The molecule has 2 atom stereocenters. The molecule has 0 aromatic heterocycles. The molecule has 0 radical (unpaired) electrons. The van der Waals surface area contributed by atoms with E-state index in [9.17, 15) is 15.2 Å². The summed E-state index contributed by atoms with van der Waals surface area (Å²) in [5.74, 6) is 0.520. The summed E-state index contributed by atoms with van der Waals surface area (Å²) >= 11 is 0. The molecule has 0 aliphatic carbocycles. The molecule has 6 heteroatoms. The van der Waals surface area contributed by atoms with Crippen molar-refractivity contribution in [2.45, 2.75) is 19.6 Å². The minimum absolute atomic E-state index is 0.0224. The first-order chi connectivity index (χ1) is 9.43. The zero-order chi connectivity index (χ0) is 14.9. The minimum Gasteiger partial charge on any atom is -0.392 e. The Morgan fingerprint density at radius 3 is 2.65 bits per heavy atom. The quantitative estimate of drug-likeness (QED) is 0.667. The van der Waals surface area contributed by atoms with Gasteiger partial charge in [-0.05, 0) is 26.1 Å². The van der Waals surface area contributed by atoms with Crippen LogP contribution in [-0.2, 0) is 6.61 Å². The van der Waals surface area contributed by atoms with Crippen molar-refractivity contribution >= 4 is 11.4 Å². The fraction of sp³-hybridized carbons (Fsp3) is 0.571. The maximum absolute atomic E-state index is 10.8. The SMILES string of the molecule is CC1CN(c2ccc([N+](=O)[O-])cc2CO)CC1N(C)C. The summed E-state index contributed by atoms with van der Waals surface area (Å²) in [7, 11) is 4.13. The van der Waals surface area contributed by atoms with E-state index in [2.05, 4.69) is 30.8 Å². The summed E-state index contributed by atoms with van der Waals surface area (Å²) in [4.78, 5) is 14.8. The fourth-order valence-corrected chi connectivity index (χ4v) is 2.94. The molecular weight excluding hydrogens is 258 g/mol. The van der Waals surface area contributed by atoms with E-state index >= 15 is 0 Å². The Morgan fingerprint density at radius 1 is 1.45 bits per heavy atom. The Morgan fingerprint density at radius 2 is 2.15 bits per heavy atom. The van der Waals surface area contributed by atoms with Gasteiger partial charge in [-0.2, -0.15) is 0 Å². The molecule has 0 bridgehead atoms. The predicted molar refractivity (Wildman–Crippen MR) is 77.9 cm³/mol. The second kappa shape index (κ2) is 5.76. The van der Waals surface area contributed by atoms with Crippen molar-refractivity contribution in [2.24, 2.45) is 5.92 Å². The van der Waals surface area contributed by atoms with Gasteiger partial charge in [-0.3, -0.25) is 10.1 Å². The van der Waals surface area contributed by atoms with Crippen LogP contribution in [-0.4, -0.2) is 48.2 Å². The number of nitrogens with zero attached hydrogens (tertiary/aromatic N) is 3. The number of aliphatic hydroxyl groups excluding tert-OH is 1. The van der Waals surface area contributed by atoms with Crippen LogP contribution in [0.3, 0.4) is 0 Å². The molecule has 1 aliphatic heterocycles. The van der Waals surface area contributed by atoms with E-state index in [0.29, 0.717) is 17.5 Å². The van der Waals surface area contributed by atoms with Gasteiger partial charge in [0.05, 0.1) is 11.5 Å². The van der Waals surface area contributed by atoms with Crippen LogP contribution in [0.15, 0.2) is 18.2 Å². The van der Waals surface area contributed by atoms with Gasteiger partial charge in [-0.15, -0.1) is 0 Å². The molecule has 6 nitrogen and oxygen atoms in total. The number of non-ortho nitro benzene ring substituents is 1. The predicted octanol–water partition coefficient (Wildman–Crippen LogP) is 1.47. The maximum Gasteiger partial charge on any atom is 0.269 e. The first-order valence-electron chi connectivity index (χ1n) is 6.73. The second-order valence-electron chi connectivity index (χ2n) is 5.64. The summed E-state index contributed by atoms with van der Waals surface area (Å²) in [6.07, 6.45) is 0. The highest BCUT2D eigenvalue weighted by atomic mass is 16.6. The third-order valence-electron chi connectivity index (χ3n) is 4.02. The zero-order valence-electron chi connectivity index (χ0n) is 12.1. The molecule has 110 valence electrons. The molecule has 2 rings (SSSR count). The number of likely N-dealkylation sites (N-methyl/N-ethyl adjacent to an activating group) is 1. The van der Waals surface area contributed by atoms with Gasteiger partial charge in [0.25, 0.3) is 5.69 Å². The number of anilines is 1. The molecule has 0 amide bonds. The standard InChI is InChI=1S/C14H21N3O3/c1-10-7-16(8-14(10)15(2)3)13-5-4-12(17(19)20)6-11(13)9-18/h4-6,10,14,18H,7-9H2,1-3H3. The Labute approximate surface area is 118 Å². The van der Waals surface area contributed by atoms with E-state index < -0.39 is 4.92 Å². The van der Waals surface area contributed by atoms with Crippen LogP contribution in [0.1, 0.15) is 12.5 Å². The largest absolute Gasteiger partial charge is 0.392 e. The molecule has 1 heterocycles. The summed E-state index contributed by atoms with van der Waals surface area (Å²) in [6.45, 7) is 3.79. The molecule has 0 saturated carbocycles. The Kier molecular flexibility index (Phi) is 4.25. The van der Waals surface area contributed by atoms with Crippen molar-refractivity contribution in [1.29, 1.82) is 0 Å². The highest BCUT2D eigenvalue weighted by molar-refractivity contribution is 5.58. The molecule has 1 aliphatic rings. The Bertz CT molecular complexity index is 504. The summed E-state index contributed by atoms with van der Waals surface area (Å²) in [5.41, 5.74) is 1.54. The lowest BCUT2D eigenvalue weighted by Gasteiger charge is -2.24. The van der Waals surface area contributed by atoms with Crippen LogP contribution in [0.25, 0.3) is 0 Å². The van der Waals surface area contributed by atoms with E-state index in [1.54, 1.807) is 6.07 Å². The van der Waals surface area contributed by atoms with Crippen molar-refractivity contribution in [3.05, 3.63) is 33.9 Å². The first kappa shape index (κ1) is 14.7. The molecule has 1 aromatic carbocycles. The van der Waals surface area contributed by atoms with E-state index in [4.69, 9.17) is 0 Å². The normalized spacial score (nSPS) is 22.6. The van der Waals surface area contributed by atoms with Crippen LogP contribution in [0, 0.1) is 16.0 Å².